The third-order valence-electron chi connectivity index (χ3n) is 2.26. The van der Waals surface area contributed by atoms with Crippen molar-refractivity contribution < 1.29 is 14.3 Å². The maximum atomic E-state index is 8.69. The first-order valence-corrected chi connectivity index (χ1v) is 5.58. The normalized spacial score (nSPS) is 20.5. The van der Waals surface area contributed by atoms with E-state index < -0.39 is 8.60 Å². The van der Waals surface area contributed by atoms with Gasteiger partial charge in [0.2, 0.25) is 0 Å². The van der Waals surface area contributed by atoms with Gasteiger partial charge in [-0.3, -0.25) is 0 Å². The molecule has 0 spiro atoms. The van der Waals surface area contributed by atoms with Crippen LogP contribution in [-0.4, -0.2) is 15.4 Å². The Hall–Kier alpha value is 0.310. The lowest BCUT2D eigenvalue weighted by atomic mass is 10.0. The summed E-state index contributed by atoms with van der Waals surface area (Å²) in [5.74, 6) is 0.662. The molecule has 0 bridgehead atoms. The van der Waals surface area contributed by atoms with Crippen LogP contribution in [0.3, 0.4) is 0 Å². The monoisotopic (exact) mass is 192 g/mol. The Morgan fingerprint density at radius 3 is 2.33 bits per heavy atom. The van der Waals surface area contributed by atoms with Gasteiger partial charge in [0.05, 0.1) is 5.60 Å². The van der Waals surface area contributed by atoms with Crippen LogP contribution in [0.4, 0.5) is 0 Å². The SMILES string of the molecule is CC(C)CCC1(OP(O)O)CC1. The van der Waals surface area contributed by atoms with Crippen molar-refractivity contribution in [3.63, 3.8) is 0 Å². The molecular weight excluding hydrogens is 175 g/mol. The largest absolute Gasteiger partial charge is 0.328 e. The number of rotatable bonds is 5. The van der Waals surface area contributed by atoms with Crippen LogP contribution in [0.15, 0.2) is 0 Å². The fraction of sp³-hybridized carbons (Fsp3) is 1.00. The van der Waals surface area contributed by atoms with E-state index in [4.69, 9.17) is 14.3 Å². The lowest BCUT2D eigenvalue weighted by molar-refractivity contribution is 0.135. The lowest BCUT2D eigenvalue weighted by Gasteiger charge is -2.17. The highest BCUT2D eigenvalue weighted by Gasteiger charge is 2.45. The maximum absolute atomic E-state index is 8.69. The molecule has 1 aliphatic rings. The molecule has 1 fully saturated rings. The van der Waals surface area contributed by atoms with Crippen LogP contribution < -0.4 is 0 Å². The minimum absolute atomic E-state index is 0.167. The van der Waals surface area contributed by atoms with Crippen LogP contribution in [0, 0.1) is 5.92 Å². The summed E-state index contributed by atoms with van der Waals surface area (Å²) < 4.78 is 5.08. The highest BCUT2D eigenvalue weighted by molar-refractivity contribution is 7.39. The Kier molecular flexibility index (Phi) is 3.47. The molecule has 1 aliphatic carbocycles. The van der Waals surface area contributed by atoms with E-state index in [2.05, 4.69) is 13.8 Å². The predicted molar refractivity (Wildman–Crippen MR) is 48.5 cm³/mol. The smallest absolute Gasteiger partial charge is 0.327 e. The summed E-state index contributed by atoms with van der Waals surface area (Å²) in [7, 11) is -2.16. The molecule has 3 nitrogen and oxygen atoms in total. The topological polar surface area (TPSA) is 49.7 Å². The van der Waals surface area contributed by atoms with Crippen molar-refractivity contribution in [2.24, 2.45) is 5.92 Å². The molecule has 2 N–H and O–H groups in total. The van der Waals surface area contributed by atoms with Gasteiger partial charge in [-0.2, -0.15) is 0 Å². The van der Waals surface area contributed by atoms with E-state index in [1.165, 1.54) is 0 Å². The van der Waals surface area contributed by atoms with Gasteiger partial charge in [-0.25, -0.2) is 0 Å². The fourth-order valence-corrected chi connectivity index (χ4v) is 1.87. The van der Waals surface area contributed by atoms with Crippen molar-refractivity contribution in [3.05, 3.63) is 0 Å². The van der Waals surface area contributed by atoms with Crippen molar-refractivity contribution in [3.8, 4) is 0 Å². The minimum atomic E-state index is -2.16. The van der Waals surface area contributed by atoms with E-state index in [0.717, 1.165) is 25.7 Å². The van der Waals surface area contributed by atoms with E-state index in [9.17, 15) is 0 Å². The minimum Gasteiger partial charge on any atom is -0.328 e. The molecule has 0 amide bonds. The van der Waals surface area contributed by atoms with Gasteiger partial charge in [-0.1, -0.05) is 13.8 Å². The Balaban J connectivity index is 2.20. The molecule has 0 radical (unpaired) electrons. The molecule has 0 atom stereocenters. The molecule has 0 aromatic heterocycles. The van der Waals surface area contributed by atoms with Gasteiger partial charge in [-0.05, 0) is 31.6 Å². The van der Waals surface area contributed by atoms with Crippen LogP contribution in [0.25, 0.3) is 0 Å². The van der Waals surface area contributed by atoms with Crippen molar-refractivity contribution in [1.82, 2.24) is 0 Å². The fourth-order valence-electron chi connectivity index (χ4n) is 1.25. The van der Waals surface area contributed by atoms with Gasteiger partial charge in [0, 0.05) is 0 Å². The summed E-state index contributed by atoms with van der Waals surface area (Å²) in [4.78, 5) is 17.4. The van der Waals surface area contributed by atoms with Crippen molar-refractivity contribution in [1.29, 1.82) is 0 Å². The van der Waals surface area contributed by atoms with Crippen LogP contribution in [-0.2, 0) is 4.52 Å². The van der Waals surface area contributed by atoms with E-state index in [0.29, 0.717) is 5.92 Å². The molecule has 0 aromatic carbocycles. The Bertz CT molecular complexity index is 143. The maximum Gasteiger partial charge on any atom is 0.327 e. The third kappa shape index (κ3) is 3.36. The van der Waals surface area contributed by atoms with Gasteiger partial charge in [-0.15, -0.1) is 0 Å². The standard InChI is InChI=1S/C8H17O3P/c1-7(2)3-4-8(5-6-8)11-12(9)10/h7,9-10H,3-6H2,1-2H3. The first-order chi connectivity index (χ1) is 5.54. The zero-order valence-electron chi connectivity index (χ0n) is 7.66. The number of hydrogen-bond donors (Lipinski definition) is 2. The van der Waals surface area contributed by atoms with Crippen molar-refractivity contribution in [2.75, 3.05) is 0 Å². The molecule has 0 aliphatic heterocycles. The van der Waals surface area contributed by atoms with E-state index in [-0.39, 0.29) is 5.60 Å². The molecule has 1 rings (SSSR count). The lowest BCUT2D eigenvalue weighted by Crippen LogP contribution is -2.11. The van der Waals surface area contributed by atoms with Gasteiger partial charge in [0.1, 0.15) is 0 Å². The second-order valence-corrected chi connectivity index (χ2v) is 4.65. The summed E-state index contributed by atoms with van der Waals surface area (Å²) in [6, 6.07) is 0. The van der Waals surface area contributed by atoms with Gasteiger partial charge >= 0.3 is 8.60 Å². The molecular formula is C8H17O3P. The van der Waals surface area contributed by atoms with Gasteiger partial charge in [0.15, 0.2) is 0 Å². The van der Waals surface area contributed by atoms with Crippen LogP contribution in [0.2, 0.25) is 0 Å². The second-order valence-electron chi connectivity index (χ2n) is 3.96. The van der Waals surface area contributed by atoms with Crippen molar-refractivity contribution >= 4 is 8.60 Å². The molecule has 0 heterocycles. The molecule has 0 unspecified atom stereocenters. The first kappa shape index (κ1) is 10.4. The van der Waals surface area contributed by atoms with Crippen LogP contribution in [0.5, 0.6) is 0 Å². The summed E-state index contributed by atoms with van der Waals surface area (Å²) >= 11 is 0. The Labute approximate surface area is 74.7 Å². The first-order valence-electron chi connectivity index (χ1n) is 4.41. The Morgan fingerprint density at radius 2 is 2.00 bits per heavy atom. The van der Waals surface area contributed by atoms with Crippen LogP contribution >= 0.6 is 8.60 Å². The average molecular weight is 192 g/mol. The molecule has 0 aromatic rings. The summed E-state index contributed by atoms with van der Waals surface area (Å²) in [6.07, 6.45) is 4.03. The van der Waals surface area contributed by atoms with Gasteiger partial charge in [0.25, 0.3) is 0 Å². The summed E-state index contributed by atoms with van der Waals surface area (Å²) in [6.45, 7) is 4.33. The number of hydrogen-bond acceptors (Lipinski definition) is 3. The molecule has 1 saturated carbocycles. The van der Waals surface area contributed by atoms with Crippen molar-refractivity contribution in [2.45, 2.75) is 45.1 Å². The highest BCUT2D eigenvalue weighted by Crippen LogP contribution is 2.51. The molecule has 4 heteroatoms. The third-order valence-corrected chi connectivity index (χ3v) is 2.81. The molecule has 0 saturated heterocycles. The second kappa shape index (κ2) is 4.01. The Morgan fingerprint density at radius 1 is 1.42 bits per heavy atom. The molecule has 12 heavy (non-hydrogen) atoms. The predicted octanol–water partition coefficient (Wildman–Crippen LogP) is 2.18. The average Bonchev–Trinajstić information content (AvgIpc) is 2.64. The van der Waals surface area contributed by atoms with Gasteiger partial charge < -0.3 is 14.3 Å². The quantitative estimate of drug-likeness (QED) is 0.656. The van der Waals surface area contributed by atoms with E-state index >= 15 is 0 Å². The highest BCUT2D eigenvalue weighted by atomic mass is 31.2. The summed E-state index contributed by atoms with van der Waals surface area (Å²) in [5.41, 5.74) is -0.167. The van der Waals surface area contributed by atoms with E-state index in [1.54, 1.807) is 0 Å². The zero-order valence-corrected chi connectivity index (χ0v) is 8.55. The van der Waals surface area contributed by atoms with E-state index in [1.807, 2.05) is 0 Å². The molecule has 72 valence electrons. The van der Waals surface area contributed by atoms with Crippen LogP contribution in [0.1, 0.15) is 39.5 Å². The zero-order chi connectivity index (χ0) is 9.19. The summed E-state index contributed by atoms with van der Waals surface area (Å²) in [5, 5.41) is 0.